The number of hydrogen-bond acceptors (Lipinski definition) is 3. The Morgan fingerprint density at radius 3 is 2.55 bits per heavy atom. The lowest BCUT2D eigenvalue weighted by molar-refractivity contribution is -0.146. The first-order valence-electron chi connectivity index (χ1n) is 7.06. The molecular formula is C16H18N2O4. The zero-order chi connectivity index (χ0) is 16.1. The van der Waals surface area contributed by atoms with Gasteiger partial charge in [0, 0.05) is 25.2 Å². The van der Waals surface area contributed by atoms with Gasteiger partial charge in [0.05, 0.1) is 0 Å². The van der Waals surface area contributed by atoms with Crippen LogP contribution in [0.4, 0.5) is 0 Å². The normalized spacial score (nSPS) is 17.7. The maximum atomic E-state index is 12.1. The van der Waals surface area contributed by atoms with Gasteiger partial charge in [0.25, 0.3) is 5.91 Å². The monoisotopic (exact) mass is 302 g/mol. The summed E-state index contributed by atoms with van der Waals surface area (Å²) in [5.74, 6) is -1.44. The molecule has 1 fully saturated rings. The van der Waals surface area contributed by atoms with Crippen LogP contribution in [0.3, 0.4) is 0 Å². The predicted molar refractivity (Wildman–Crippen MR) is 81.2 cm³/mol. The molecule has 6 nitrogen and oxygen atoms in total. The van der Waals surface area contributed by atoms with Crippen molar-refractivity contribution in [2.45, 2.75) is 18.9 Å². The number of carbonyl (C=O) groups excluding carboxylic acids is 2. The number of rotatable bonds is 4. The van der Waals surface area contributed by atoms with Crippen LogP contribution < -0.4 is 5.32 Å². The number of carboxylic acid groups (broad SMARTS) is 1. The fraction of sp³-hybridized carbons (Fsp3) is 0.312. The minimum absolute atomic E-state index is 0.173. The summed E-state index contributed by atoms with van der Waals surface area (Å²) in [7, 11) is 1.56. The van der Waals surface area contributed by atoms with E-state index < -0.39 is 12.0 Å². The van der Waals surface area contributed by atoms with Gasteiger partial charge in [0.15, 0.2) is 0 Å². The highest BCUT2D eigenvalue weighted by Crippen LogP contribution is 2.18. The van der Waals surface area contributed by atoms with Crippen molar-refractivity contribution in [1.82, 2.24) is 10.2 Å². The highest BCUT2D eigenvalue weighted by molar-refractivity contribution is 5.96. The molecule has 0 aromatic heterocycles. The average molecular weight is 302 g/mol. The highest BCUT2D eigenvalue weighted by Gasteiger charge is 2.32. The molecule has 2 amide bonds. The molecular weight excluding hydrogens is 284 g/mol. The minimum atomic E-state index is -0.964. The van der Waals surface area contributed by atoms with Gasteiger partial charge in [-0.25, -0.2) is 4.79 Å². The van der Waals surface area contributed by atoms with Crippen molar-refractivity contribution in [3.05, 3.63) is 41.5 Å². The molecule has 1 aromatic rings. The number of carboxylic acids is 1. The Morgan fingerprint density at radius 2 is 1.95 bits per heavy atom. The van der Waals surface area contributed by atoms with Gasteiger partial charge in [-0.3, -0.25) is 9.59 Å². The second kappa shape index (κ2) is 6.89. The van der Waals surface area contributed by atoms with Crippen LogP contribution in [0.15, 0.2) is 30.3 Å². The minimum Gasteiger partial charge on any atom is -0.480 e. The number of likely N-dealkylation sites (tertiary alicyclic amines) is 1. The van der Waals surface area contributed by atoms with Crippen LogP contribution in [0.2, 0.25) is 0 Å². The van der Waals surface area contributed by atoms with Crippen molar-refractivity contribution in [1.29, 1.82) is 0 Å². The Labute approximate surface area is 128 Å². The van der Waals surface area contributed by atoms with Crippen LogP contribution in [0.5, 0.6) is 0 Å². The molecule has 1 atom stereocenters. The molecule has 0 radical (unpaired) electrons. The topological polar surface area (TPSA) is 86.7 Å². The maximum Gasteiger partial charge on any atom is 0.326 e. The summed E-state index contributed by atoms with van der Waals surface area (Å²) in [4.78, 5) is 35.9. The molecule has 6 heteroatoms. The van der Waals surface area contributed by atoms with Crippen molar-refractivity contribution in [3.63, 3.8) is 0 Å². The van der Waals surface area contributed by atoms with E-state index in [1.54, 1.807) is 37.4 Å². The number of carbonyl (C=O) groups is 3. The molecule has 0 saturated carbocycles. The highest BCUT2D eigenvalue weighted by atomic mass is 16.4. The van der Waals surface area contributed by atoms with E-state index in [2.05, 4.69) is 5.32 Å². The molecule has 1 aromatic carbocycles. The van der Waals surface area contributed by atoms with Crippen molar-refractivity contribution < 1.29 is 19.5 Å². The molecule has 0 bridgehead atoms. The third kappa shape index (κ3) is 3.52. The lowest BCUT2D eigenvalue weighted by atomic mass is 10.1. The molecule has 0 spiro atoms. The molecule has 1 heterocycles. The van der Waals surface area contributed by atoms with Gasteiger partial charge < -0.3 is 15.3 Å². The van der Waals surface area contributed by atoms with Gasteiger partial charge in [0.1, 0.15) is 6.04 Å². The van der Waals surface area contributed by atoms with E-state index >= 15 is 0 Å². The van der Waals surface area contributed by atoms with Crippen LogP contribution in [0, 0.1) is 0 Å². The van der Waals surface area contributed by atoms with Crippen molar-refractivity contribution in [2.75, 3.05) is 13.6 Å². The number of nitrogens with zero attached hydrogens (tertiary/aromatic N) is 1. The molecule has 2 rings (SSSR count). The van der Waals surface area contributed by atoms with Gasteiger partial charge >= 0.3 is 5.97 Å². The van der Waals surface area contributed by atoms with Crippen molar-refractivity contribution in [3.8, 4) is 0 Å². The van der Waals surface area contributed by atoms with Crippen LogP contribution in [0.1, 0.15) is 28.8 Å². The Kier molecular flexibility index (Phi) is 4.93. The number of nitrogens with one attached hydrogen (secondary N) is 1. The maximum absolute atomic E-state index is 12.1. The Morgan fingerprint density at radius 1 is 1.27 bits per heavy atom. The largest absolute Gasteiger partial charge is 0.480 e. The van der Waals surface area contributed by atoms with E-state index in [9.17, 15) is 14.4 Å². The van der Waals surface area contributed by atoms with Gasteiger partial charge in [-0.15, -0.1) is 0 Å². The SMILES string of the molecule is CNC(=O)c1ccc(C=CC(=O)N2CCCC2C(=O)O)cc1. The number of amides is 2. The summed E-state index contributed by atoms with van der Waals surface area (Å²) in [6.07, 6.45) is 4.19. The first-order valence-corrected chi connectivity index (χ1v) is 7.06. The average Bonchev–Trinajstić information content (AvgIpc) is 3.02. The summed E-state index contributed by atoms with van der Waals surface area (Å²) in [6.45, 7) is 0.468. The Bertz CT molecular complexity index is 607. The van der Waals surface area contributed by atoms with Crippen LogP contribution in [-0.4, -0.2) is 47.4 Å². The zero-order valence-corrected chi connectivity index (χ0v) is 12.3. The molecule has 22 heavy (non-hydrogen) atoms. The van der Waals surface area contributed by atoms with Gasteiger partial charge in [-0.05, 0) is 36.6 Å². The number of benzene rings is 1. The molecule has 1 aliphatic rings. The molecule has 1 unspecified atom stereocenters. The lowest BCUT2D eigenvalue weighted by Gasteiger charge is -2.19. The van der Waals surface area contributed by atoms with E-state index in [1.807, 2.05) is 0 Å². The van der Waals surface area contributed by atoms with E-state index in [1.165, 1.54) is 11.0 Å². The summed E-state index contributed by atoms with van der Waals surface area (Å²) in [5.41, 5.74) is 1.31. The van der Waals surface area contributed by atoms with E-state index in [0.717, 1.165) is 5.56 Å². The zero-order valence-electron chi connectivity index (χ0n) is 12.3. The van der Waals surface area contributed by atoms with Gasteiger partial charge in [-0.2, -0.15) is 0 Å². The number of hydrogen-bond donors (Lipinski definition) is 2. The van der Waals surface area contributed by atoms with Gasteiger partial charge in [0.2, 0.25) is 5.91 Å². The molecule has 1 saturated heterocycles. The van der Waals surface area contributed by atoms with Crippen LogP contribution >= 0.6 is 0 Å². The summed E-state index contributed by atoms with van der Waals surface area (Å²) >= 11 is 0. The second-order valence-electron chi connectivity index (χ2n) is 5.06. The van der Waals surface area contributed by atoms with E-state index in [-0.39, 0.29) is 11.8 Å². The van der Waals surface area contributed by atoms with Gasteiger partial charge in [-0.1, -0.05) is 12.1 Å². The molecule has 2 N–H and O–H groups in total. The fourth-order valence-corrected chi connectivity index (χ4v) is 2.44. The Hall–Kier alpha value is -2.63. The van der Waals surface area contributed by atoms with E-state index in [0.29, 0.717) is 24.9 Å². The molecule has 116 valence electrons. The van der Waals surface area contributed by atoms with Crippen LogP contribution in [-0.2, 0) is 9.59 Å². The van der Waals surface area contributed by atoms with E-state index in [4.69, 9.17) is 5.11 Å². The predicted octanol–water partition coefficient (Wildman–Crippen LogP) is 1.13. The summed E-state index contributed by atoms with van der Waals surface area (Å²) in [5, 5.41) is 11.6. The second-order valence-corrected chi connectivity index (χ2v) is 5.06. The summed E-state index contributed by atoms with van der Waals surface area (Å²) < 4.78 is 0. The molecule has 0 aliphatic carbocycles. The van der Waals surface area contributed by atoms with Crippen molar-refractivity contribution >= 4 is 23.9 Å². The quantitative estimate of drug-likeness (QED) is 0.816. The third-order valence-corrected chi connectivity index (χ3v) is 3.64. The fourth-order valence-electron chi connectivity index (χ4n) is 2.44. The smallest absolute Gasteiger partial charge is 0.326 e. The van der Waals surface area contributed by atoms with Crippen molar-refractivity contribution in [2.24, 2.45) is 0 Å². The number of aliphatic carboxylic acids is 1. The third-order valence-electron chi connectivity index (χ3n) is 3.64. The first kappa shape index (κ1) is 15.8. The molecule has 1 aliphatic heterocycles. The summed E-state index contributed by atoms with van der Waals surface area (Å²) in [6, 6.07) is 6.06. The standard InChI is InChI=1S/C16H18N2O4/c1-17-15(20)12-7-4-11(5-8-12)6-9-14(19)18-10-2-3-13(18)16(21)22/h4-9,13H,2-3,10H2,1H3,(H,17,20)(H,21,22). The Balaban J connectivity index is 2.03. The lowest BCUT2D eigenvalue weighted by Crippen LogP contribution is -2.39. The first-order chi connectivity index (χ1) is 10.5. The van der Waals surface area contributed by atoms with Crippen LogP contribution in [0.25, 0.3) is 6.08 Å².